The SMILES string of the molecule is CC(CS(C)(=O)=O)NC1CCN(C(=O)OC(C)(C)C)C1. The highest BCUT2D eigenvalue weighted by atomic mass is 32.2. The van der Waals surface area contributed by atoms with Crippen LogP contribution in [-0.2, 0) is 14.6 Å². The molecule has 0 saturated carbocycles. The first kappa shape index (κ1) is 17.2. The Morgan fingerprint density at radius 3 is 2.55 bits per heavy atom. The molecular formula is C13H26N2O4S. The largest absolute Gasteiger partial charge is 0.444 e. The molecule has 7 heteroatoms. The molecular weight excluding hydrogens is 280 g/mol. The van der Waals surface area contributed by atoms with Crippen LogP contribution >= 0.6 is 0 Å². The molecule has 0 aromatic carbocycles. The van der Waals surface area contributed by atoms with Crippen molar-refractivity contribution in [3.63, 3.8) is 0 Å². The number of sulfone groups is 1. The molecule has 0 radical (unpaired) electrons. The topological polar surface area (TPSA) is 75.7 Å². The van der Waals surface area contributed by atoms with E-state index in [9.17, 15) is 13.2 Å². The maximum atomic E-state index is 11.9. The van der Waals surface area contributed by atoms with Gasteiger partial charge in [0.05, 0.1) is 5.75 Å². The van der Waals surface area contributed by atoms with Gasteiger partial charge < -0.3 is 15.0 Å². The zero-order valence-electron chi connectivity index (χ0n) is 13.0. The van der Waals surface area contributed by atoms with Gasteiger partial charge in [-0.15, -0.1) is 0 Å². The number of nitrogens with one attached hydrogen (secondary N) is 1. The van der Waals surface area contributed by atoms with Crippen LogP contribution in [0.25, 0.3) is 0 Å². The minimum Gasteiger partial charge on any atom is -0.444 e. The van der Waals surface area contributed by atoms with Crippen molar-refractivity contribution < 1.29 is 17.9 Å². The molecule has 1 rings (SSSR count). The van der Waals surface area contributed by atoms with Gasteiger partial charge in [0.2, 0.25) is 0 Å². The van der Waals surface area contributed by atoms with Crippen LogP contribution in [0.5, 0.6) is 0 Å². The molecule has 0 aromatic heterocycles. The first-order valence-electron chi connectivity index (χ1n) is 6.88. The van der Waals surface area contributed by atoms with E-state index in [0.29, 0.717) is 13.1 Å². The van der Waals surface area contributed by atoms with Gasteiger partial charge in [-0.1, -0.05) is 0 Å². The normalized spacial score (nSPS) is 21.9. The Kier molecular flexibility index (Phi) is 5.43. The van der Waals surface area contributed by atoms with Gasteiger partial charge in [-0.05, 0) is 34.1 Å². The van der Waals surface area contributed by atoms with Crippen molar-refractivity contribution >= 4 is 15.9 Å². The van der Waals surface area contributed by atoms with Gasteiger partial charge in [0.15, 0.2) is 0 Å². The fourth-order valence-electron chi connectivity index (χ4n) is 2.29. The fraction of sp³-hybridized carbons (Fsp3) is 0.923. The Morgan fingerprint density at radius 2 is 2.05 bits per heavy atom. The van der Waals surface area contributed by atoms with E-state index in [4.69, 9.17) is 4.74 Å². The summed E-state index contributed by atoms with van der Waals surface area (Å²) in [6.07, 6.45) is 1.73. The predicted octanol–water partition coefficient (Wildman–Crippen LogP) is 1.02. The lowest BCUT2D eigenvalue weighted by Gasteiger charge is -2.25. The van der Waals surface area contributed by atoms with Gasteiger partial charge >= 0.3 is 6.09 Å². The van der Waals surface area contributed by atoms with Gasteiger partial charge in [0.25, 0.3) is 0 Å². The molecule has 118 valence electrons. The number of amides is 1. The number of likely N-dealkylation sites (tertiary alicyclic amines) is 1. The van der Waals surface area contributed by atoms with Crippen molar-refractivity contribution in [2.75, 3.05) is 25.1 Å². The second kappa shape index (κ2) is 6.30. The van der Waals surface area contributed by atoms with Gasteiger partial charge in [-0.3, -0.25) is 0 Å². The maximum Gasteiger partial charge on any atom is 0.410 e. The number of carbonyl (C=O) groups is 1. The number of carbonyl (C=O) groups excluding carboxylic acids is 1. The average Bonchev–Trinajstić information content (AvgIpc) is 2.59. The summed E-state index contributed by atoms with van der Waals surface area (Å²) in [4.78, 5) is 13.6. The van der Waals surface area contributed by atoms with E-state index in [2.05, 4.69) is 5.32 Å². The van der Waals surface area contributed by atoms with E-state index < -0.39 is 15.4 Å². The Morgan fingerprint density at radius 1 is 1.45 bits per heavy atom. The van der Waals surface area contributed by atoms with Crippen LogP contribution in [0.1, 0.15) is 34.1 Å². The third-order valence-electron chi connectivity index (χ3n) is 2.91. The van der Waals surface area contributed by atoms with Crippen molar-refractivity contribution in [3.8, 4) is 0 Å². The number of ether oxygens (including phenoxy) is 1. The van der Waals surface area contributed by atoms with Crippen LogP contribution in [0.4, 0.5) is 4.79 Å². The Balaban J connectivity index is 2.42. The number of hydrogen-bond donors (Lipinski definition) is 1. The average molecular weight is 306 g/mol. The Hall–Kier alpha value is -0.820. The fourth-order valence-corrected chi connectivity index (χ4v) is 3.30. The van der Waals surface area contributed by atoms with Crippen LogP contribution in [0.2, 0.25) is 0 Å². The lowest BCUT2D eigenvalue weighted by molar-refractivity contribution is 0.0290. The lowest BCUT2D eigenvalue weighted by atomic mass is 10.2. The zero-order valence-corrected chi connectivity index (χ0v) is 13.8. The van der Waals surface area contributed by atoms with Crippen molar-refractivity contribution in [2.45, 2.75) is 51.8 Å². The zero-order chi connectivity index (χ0) is 15.6. The predicted molar refractivity (Wildman–Crippen MR) is 78.5 cm³/mol. The van der Waals surface area contributed by atoms with E-state index in [-0.39, 0.29) is 23.9 Å². The molecule has 0 aromatic rings. The molecule has 1 aliphatic heterocycles. The molecule has 1 amide bonds. The molecule has 1 fully saturated rings. The van der Waals surface area contributed by atoms with Gasteiger partial charge in [-0.2, -0.15) is 0 Å². The van der Waals surface area contributed by atoms with Crippen molar-refractivity contribution in [1.82, 2.24) is 10.2 Å². The Bertz CT molecular complexity index is 442. The highest BCUT2D eigenvalue weighted by Crippen LogP contribution is 2.15. The molecule has 0 spiro atoms. The smallest absolute Gasteiger partial charge is 0.410 e. The molecule has 6 nitrogen and oxygen atoms in total. The summed E-state index contributed by atoms with van der Waals surface area (Å²) in [7, 11) is -2.99. The third-order valence-corrected chi connectivity index (χ3v) is 4.02. The highest BCUT2D eigenvalue weighted by Gasteiger charge is 2.30. The summed E-state index contributed by atoms with van der Waals surface area (Å²) < 4.78 is 27.8. The number of hydrogen-bond acceptors (Lipinski definition) is 5. The first-order valence-corrected chi connectivity index (χ1v) is 8.94. The summed E-state index contributed by atoms with van der Waals surface area (Å²) in [5.41, 5.74) is -0.494. The van der Waals surface area contributed by atoms with Crippen molar-refractivity contribution in [2.24, 2.45) is 0 Å². The summed E-state index contributed by atoms with van der Waals surface area (Å²) >= 11 is 0. The van der Waals surface area contributed by atoms with Crippen LogP contribution in [-0.4, -0.2) is 62.2 Å². The second-order valence-electron chi connectivity index (χ2n) is 6.57. The van der Waals surface area contributed by atoms with Crippen molar-refractivity contribution in [3.05, 3.63) is 0 Å². The lowest BCUT2D eigenvalue weighted by Crippen LogP contribution is -2.43. The van der Waals surface area contributed by atoms with E-state index in [1.807, 2.05) is 27.7 Å². The third kappa shape index (κ3) is 6.56. The summed E-state index contributed by atoms with van der Waals surface area (Å²) in [6.45, 7) is 8.55. The minimum atomic E-state index is -2.99. The monoisotopic (exact) mass is 306 g/mol. The molecule has 1 saturated heterocycles. The minimum absolute atomic E-state index is 0.107. The summed E-state index contributed by atoms with van der Waals surface area (Å²) in [5.74, 6) is 0.107. The quantitative estimate of drug-likeness (QED) is 0.839. The molecule has 2 atom stereocenters. The van der Waals surface area contributed by atoms with Gasteiger partial charge in [0.1, 0.15) is 15.4 Å². The number of rotatable bonds is 4. The van der Waals surface area contributed by atoms with E-state index >= 15 is 0 Å². The molecule has 1 heterocycles. The molecule has 2 unspecified atom stereocenters. The van der Waals surface area contributed by atoms with Crippen molar-refractivity contribution in [1.29, 1.82) is 0 Å². The molecule has 1 aliphatic rings. The van der Waals surface area contributed by atoms with E-state index in [0.717, 1.165) is 6.42 Å². The van der Waals surface area contributed by atoms with Crippen LogP contribution in [0.15, 0.2) is 0 Å². The first-order chi connectivity index (χ1) is 8.96. The van der Waals surface area contributed by atoms with E-state index in [1.54, 1.807) is 4.90 Å². The molecule has 0 bridgehead atoms. The molecule has 0 aliphatic carbocycles. The van der Waals surface area contributed by atoms with Gasteiger partial charge in [-0.25, -0.2) is 13.2 Å². The molecule has 20 heavy (non-hydrogen) atoms. The summed E-state index contributed by atoms with van der Waals surface area (Å²) in [5, 5.41) is 3.25. The molecule has 1 N–H and O–H groups in total. The van der Waals surface area contributed by atoms with Crippen LogP contribution in [0.3, 0.4) is 0 Å². The maximum absolute atomic E-state index is 11.9. The van der Waals surface area contributed by atoms with E-state index in [1.165, 1.54) is 6.26 Å². The van der Waals surface area contributed by atoms with Crippen LogP contribution in [0, 0.1) is 0 Å². The number of nitrogens with zero attached hydrogens (tertiary/aromatic N) is 1. The summed E-state index contributed by atoms with van der Waals surface area (Å²) in [6, 6.07) is 0.00727. The second-order valence-corrected chi connectivity index (χ2v) is 8.76. The highest BCUT2D eigenvalue weighted by molar-refractivity contribution is 7.90. The Labute approximate surface area is 121 Å². The van der Waals surface area contributed by atoms with Crippen LogP contribution < -0.4 is 5.32 Å². The standard InChI is InChI=1S/C13H26N2O4S/c1-10(9-20(5,17)18)14-11-6-7-15(8-11)12(16)19-13(2,3)4/h10-11,14H,6-9H2,1-5H3. The van der Waals surface area contributed by atoms with Gasteiger partial charge in [0, 0.05) is 31.4 Å².